The van der Waals surface area contributed by atoms with Crippen molar-refractivity contribution in [3.05, 3.63) is 36.0 Å². The Balaban J connectivity index is 1.14. The van der Waals surface area contributed by atoms with E-state index in [0.717, 1.165) is 81.4 Å². The van der Waals surface area contributed by atoms with Crippen LogP contribution in [-0.4, -0.2) is 63.8 Å². The molecule has 2 aromatic heterocycles. The van der Waals surface area contributed by atoms with Crippen LogP contribution in [0.1, 0.15) is 31.2 Å². The Morgan fingerprint density at radius 3 is 2.53 bits per heavy atom. The second-order valence-corrected chi connectivity index (χ2v) is 10.7. The summed E-state index contributed by atoms with van der Waals surface area (Å²) in [5.41, 5.74) is 0.163. The zero-order valence-electron chi connectivity index (χ0n) is 20.3. The van der Waals surface area contributed by atoms with Crippen LogP contribution < -0.4 is 5.32 Å². The predicted octanol–water partition coefficient (Wildman–Crippen LogP) is 4.60. The van der Waals surface area contributed by atoms with Crippen LogP contribution in [0, 0.1) is 17.8 Å². The van der Waals surface area contributed by atoms with Gasteiger partial charge in [-0.05, 0) is 61.6 Å². The number of likely N-dealkylation sites (tertiary alicyclic amines) is 1. The van der Waals surface area contributed by atoms with Crippen molar-refractivity contribution < 1.29 is 17.9 Å². The van der Waals surface area contributed by atoms with Crippen molar-refractivity contribution in [3.8, 4) is 11.3 Å². The van der Waals surface area contributed by atoms with Crippen molar-refractivity contribution in [1.29, 1.82) is 0 Å². The molecule has 3 atom stereocenters. The highest BCUT2D eigenvalue weighted by molar-refractivity contribution is 5.84. The van der Waals surface area contributed by atoms with Gasteiger partial charge >= 0.3 is 6.18 Å². The fraction of sp³-hybridized carbons (Fsp3) is 0.577. The second-order valence-electron chi connectivity index (χ2n) is 10.7. The third-order valence-corrected chi connectivity index (χ3v) is 8.03. The van der Waals surface area contributed by atoms with Gasteiger partial charge in [-0.3, -0.25) is 4.68 Å². The van der Waals surface area contributed by atoms with Crippen LogP contribution in [-0.2, 0) is 18.0 Å². The van der Waals surface area contributed by atoms with Gasteiger partial charge in [0.15, 0.2) is 0 Å². The third kappa shape index (κ3) is 4.80. The van der Waals surface area contributed by atoms with E-state index in [1.807, 2.05) is 0 Å². The summed E-state index contributed by atoms with van der Waals surface area (Å²) in [5, 5.41) is 16.5. The summed E-state index contributed by atoms with van der Waals surface area (Å²) in [6.07, 6.45) is 1.43. The standard InChI is InChI=1S/C26H31F3N6O/c1-34-13-20-8-17(2-3-23(20)33-34)25-22(26(27,28)29)11-24(31-32-25)30-21-9-18-14-35(15-19(18)10-21)12-16-4-6-36-7-5-16/h2-3,8,11,13,16,18-19,21H,4-7,9-10,12,14-15H2,1H3,(H,30,31)/t18-,19+,21+. The summed E-state index contributed by atoms with van der Waals surface area (Å²) in [6, 6.07) is 6.24. The van der Waals surface area contributed by atoms with E-state index in [9.17, 15) is 13.2 Å². The third-order valence-electron chi connectivity index (χ3n) is 8.03. The lowest BCUT2D eigenvalue weighted by atomic mass is 10.00. The van der Waals surface area contributed by atoms with Crippen molar-refractivity contribution >= 4 is 16.7 Å². The fourth-order valence-corrected chi connectivity index (χ4v) is 6.36. The van der Waals surface area contributed by atoms with Gasteiger partial charge in [-0.1, -0.05) is 6.07 Å². The Morgan fingerprint density at radius 1 is 1.06 bits per heavy atom. The molecular formula is C26H31F3N6O. The van der Waals surface area contributed by atoms with Gasteiger partial charge in [-0.25, -0.2) is 0 Å². The number of benzene rings is 1. The van der Waals surface area contributed by atoms with Crippen molar-refractivity contribution in [2.75, 3.05) is 38.2 Å². The monoisotopic (exact) mass is 500 g/mol. The molecule has 0 radical (unpaired) electrons. The minimum absolute atomic E-state index is 0.123. The summed E-state index contributed by atoms with van der Waals surface area (Å²) in [6.45, 7) is 5.04. The molecule has 2 saturated heterocycles. The molecule has 1 saturated carbocycles. The number of aryl methyl sites for hydroxylation is 1. The van der Waals surface area contributed by atoms with Crippen LogP contribution >= 0.6 is 0 Å². The fourth-order valence-electron chi connectivity index (χ4n) is 6.36. The van der Waals surface area contributed by atoms with Crippen LogP contribution in [0.2, 0.25) is 0 Å². The molecule has 0 amide bonds. The maximum atomic E-state index is 14.0. The maximum Gasteiger partial charge on any atom is 0.418 e. The van der Waals surface area contributed by atoms with E-state index in [4.69, 9.17) is 4.74 Å². The quantitative estimate of drug-likeness (QED) is 0.553. The lowest BCUT2D eigenvalue weighted by molar-refractivity contribution is -0.137. The summed E-state index contributed by atoms with van der Waals surface area (Å²) in [5.74, 6) is 2.09. The number of nitrogens with one attached hydrogen (secondary N) is 1. The van der Waals surface area contributed by atoms with Gasteiger partial charge in [-0.2, -0.15) is 18.3 Å². The number of nitrogens with zero attached hydrogens (tertiary/aromatic N) is 5. The first-order chi connectivity index (χ1) is 17.3. The first-order valence-corrected chi connectivity index (χ1v) is 12.8. The van der Waals surface area contributed by atoms with Gasteiger partial charge < -0.3 is 15.0 Å². The Kier molecular flexibility index (Phi) is 6.11. The summed E-state index contributed by atoms with van der Waals surface area (Å²) < 4.78 is 49.2. The number of rotatable bonds is 5. The van der Waals surface area contributed by atoms with Crippen molar-refractivity contribution in [1.82, 2.24) is 24.9 Å². The zero-order valence-corrected chi connectivity index (χ0v) is 20.3. The average Bonchev–Trinajstić information content (AvgIpc) is 3.50. The molecular weight excluding hydrogens is 469 g/mol. The van der Waals surface area contributed by atoms with E-state index in [0.29, 0.717) is 17.4 Å². The normalized spacial score (nSPS) is 25.5. The lowest BCUT2D eigenvalue weighted by Crippen LogP contribution is -2.32. The highest BCUT2D eigenvalue weighted by Gasteiger charge is 2.42. The number of alkyl halides is 3. The van der Waals surface area contributed by atoms with E-state index in [1.54, 1.807) is 36.1 Å². The molecule has 0 unspecified atom stereocenters. The van der Waals surface area contributed by atoms with E-state index < -0.39 is 11.7 Å². The smallest absolute Gasteiger partial charge is 0.381 e. The Labute approximate surface area is 208 Å². The van der Waals surface area contributed by atoms with Crippen molar-refractivity contribution in [2.24, 2.45) is 24.8 Å². The largest absolute Gasteiger partial charge is 0.418 e. The minimum Gasteiger partial charge on any atom is -0.381 e. The van der Waals surface area contributed by atoms with E-state index in [-0.39, 0.29) is 17.6 Å². The molecule has 192 valence electrons. The van der Waals surface area contributed by atoms with Crippen LogP contribution in [0.5, 0.6) is 0 Å². The van der Waals surface area contributed by atoms with Crippen molar-refractivity contribution in [2.45, 2.75) is 37.9 Å². The molecule has 1 aliphatic carbocycles. The van der Waals surface area contributed by atoms with Crippen LogP contribution in [0.25, 0.3) is 22.2 Å². The Morgan fingerprint density at radius 2 is 1.81 bits per heavy atom. The van der Waals surface area contributed by atoms with Gasteiger partial charge in [0.2, 0.25) is 0 Å². The van der Waals surface area contributed by atoms with Crippen LogP contribution in [0.15, 0.2) is 30.5 Å². The van der Waals surface area contributed by atoms with E-state index in [1.165, 1.54) is 0 Å². The number of halogens is 3. The SMILES string of the molecule is Cn1cc2cc(-c3nnc(N[C@H]4C[C@@H]5CN(CC6CCOCC6)C[C@@H]5C4)cc3C(F)(F)F)ccc2n1. The van der Waals surface area contributed by atoms with Gasteiger partial charge in [-0.15, -0.1) is 10.2 Å². The number of ether oxygens (including phenoxy) is 1. The van der Waals surface area contributed by atoms with Crippen LogP contribution in [0.4, 0.5) is 19.0 Å². The summed E-state index contributed by atoms with van der Waals surface area (Å²) in [4.78, 5) is 2.58. The van der Waals surface area contributed by atoms with E-state index >= 15 is 0 Å². The molecule has 10 heteroatoms. The molecule has 0 spiro atoms. The molecule has 1 N–H and O–H groups in total. The molecule has 3 aliphatic rings. The number of aromatic nitrogens is 4. The summed E-state index contributed by atoms with van der Waals surface area (Å²) >= 11 is 0. The van der Waals surface area contributed by atoms with Crippen molar-refractivity contribution in [3.63, 3.8) is 0 Å². The van der Waals surface area contributed by atoms with Crippen LogP contribution in [0.3, 0.4) is 0 Å². The first-order valence-electron chi connectivity index (χ1n) is 12.8. The minimum atomic E-state index is -4.54. The molecule has 2 aliphatic heterocycles. The highest BCUT2D eigenvalue weighted by atomic mass is 19.4. The number of anilines is 1. The predicted molar refractivity (Wildman–Crippen MR) is 130 cm³/mol. The maximum absolute atomic E-state index is 14.0. The molecule has 4 heterocycles. The average molecular weight is 501 g/mol. The molecule has 3 fully saturated rings. The highest BCUT2D eigenvalue weighted by Crippen LogP contribution is 2.41. The van der Waals surface area contributed by atoms with Gasteiger partial charge in [0, 0.05) is 63.1 Å². The number of fused-ring (bicyclic) bond motifs is 2. The molecule has 36 heavy (non-hydrogen) atoms. The molecule has 3 aromatic rings. The van der Waals surface area contributed by atoms with Gasteiger partial charge in [0.05, 0.1) is 11.1 Å². The molecule has 1 aromatic carbocycles. The summed E-state index contributed by atoms with van der Waals surface area (Å²) in [7, 11) is 1.78. The number of hydrogen-bond acceptors (Lipinski definition) is 6. The Hall–Kier alpha value is -2.72. The lowest BCUT2D eigenvalue weighted by Gasteiger charge is -2.27. The zero-order chi connectivity index (χ0) is 24.9. The molecule has 6 rings (SSSR count). The topological polar surface area (TPSA) is 68.1 Å². The number of hydrogen-bond donors (Lipinski definition) is 1. The van der Waals surface area contributed by atoms with Gasteiger partial charge in [0.1, 0.15) is 11.5 Å². The van der Waals surface area contributed by atoms with E-state index in [2.05, 4.69) is 25.5 Å². The first kappa shape index (κ1) is 23.7. The Bertz CT molecular complexity index is 1220. The second kappa shape index (κ2) is 9.30. The molecule has 0 bridgehead atoms. The van der Waals surface area contributed by atoms with Gasteiger partial charge in [0.25, 0.3) is 0 Å². The molecule has 7 nitrogen and oxygen atoms in total.